The molecule has 0 saturated heterocycles. The molecule has 1 fully saturated rings. The third-order valence-electron chi connectivity index (χ3n) is 4.12. The van der Waals surface area contributed by atoms with Gasteiger partial charge in [-0.15, -0.1) is 0 Å². The first-order valence-electron chi connectivity index (χ1n) is 7.04. The number of rotatable bonds is 4. The topological polar surface area (TPSA) is 70.1 Å². The normalized spacial score (nSPS) is 22.7. The second-order valence-corrected chi connectivity index (χ2v) is 5.39. The Kier molecular flexibility index (Phi) is 4.12. The summed E-state index contributed by atoms with van der Waals surface area (Å²) >= 11 is 0. The second kappa shape index (κ2) is 5.63. The second-order valence-electron chi connectivity index (χ2n) is 5.39. The maximum Gasteiger partial charge on any atom is 0.360 e. The van der Waals surface area contributed by atoms with Crippen molar-refractivity contribution in [3.05, 3.63) is 11.5 Å². The van der Waals surface area contributed by atoms with Crippen molar-refractivity contribution < 1.29 is 9.53 Å². The van der Waals surface area contributed by atoms with Gasteiger partial charge in [-0.1, -0.05) is 19.8 Å². The Balaban J connectivity index is 2.19. The van der Waals surface area contributed by atoms with Crippen LogP contribution in [0.25, 0.3) is 0 Å². The zero-order chi connectivity index (χ0) is 14.0. The van der Waals surface area contributed by atoms with Crippen LogP contribution in [0, 0.1) is 18.8 Å². The van der Waals surface area contributed by atoms with Gasteiger partial charge in [0.2, 0.25) is 0 Å². The number of nitrogens with two attached hydrogens (primary N) is 1. The molecule has 0 aromatic carbocycles. The number of aryl methyl sites for hydroxylation is 1. The molecular weight excluding hydrogens is 242 g/mol. The summed E-state index contributed by atoms with van der Waals surface area (Å²) in [5, 5.41) is 0. The number of imidazole rings is 1. The van der Waals surface area contributed by atoms with Crippen LogP contribution in [0.3, 0.4) is 0 Å². The van der Waals surface area contributed by atoms with Crippen LogP contribution in [0.15, 0.2) is 0 Å². The smallest absolute Gasteiger partial charge is 0.360 e. The molecule has 5 nitrogen and oxygen atoms in total. The maximum absolute atomic E-state index is 11.8. The van der Waals surface area contributed by atoms with E-state index in [2.05, 4.69) is 11.9 Å². The Morgan fingerprint density at radius 1 is 1.53 bits per heavy atom. The van der Waals surface area contributed by atoms with Crippen molar-refractivity contribution in [3.63, 3.8) is 0 Å². The zero-order valence-electron chi connectivity index (χ0n) is 12.0. The highest BCUT2D eigenvalue weighted by atomic mass is 16.5. The lowest BCUT2D eigenvalue weighted by Gasteiger charge is -2.17. The van der Waals surface area contributed by atoms with Crippen LogP contribution in [0.4, 0.5) is 5.82 Å². The van der Waals surface area contributed by atoms with E-state index in [1.165, 1.54) is 19.3 Å². The number of carbonyl (C=O) groups excluding carboxylic acids is 1. The van der Waals surface area contributed by atoms with Crippen molar-refractivity contribution >= 4 is 11.8 Å². The molecule has 1 aromatic rings. The highest BCUT2D eigenvalue weighted by Gasteiger charge is 2.27. The number of aromatic nitrogens is 2. The molecule has 1 aliphatic carbocycles. The van der Waals surface area contributed by atoms with Crippen LogP contribution >= 0.6 is 0 Å². The van der Waals surface area contributed by atoms with E-state index in [-0.39, 0.29) is 5.69 Å². The molecule has 0 radical (unpaired) electrons. The van der Waals surface area contributed by atoms with Crippen LogP contribution in [0.1, 0.15) is 49.4 Å². The standard InChI is InChI=1S/C14H23N3O2/c1-4-19-14(18)12-13(15)17(10(3)16-12)8-11-7-5-6-9(11)2/h9,11H,4-8,15H2,1-3H3. The van der Waals surface area contributed by atoms with Gasteiger partial charge in [0.1, 0.15) is 11.6 Å². The highest BCUT2D eigenvalue weighted by molar-refractivity contribution is 5.92. The van der Waals surface area contributed by atoms with E-state index in [1.807, 2.05) is 11.5 Å². The van der Waals surface area contributed by atoms with Gasteiger partial charge in [0, 0.05) is 6.54 Å². The van der Waals surface area contributed by atoms with E-state index in [0.29, 0.717) is 24.3 Å². The van der Waals surface area contributed by atoms with E-state index >= 15 is 0 Å². The van der Waals surface area contributed by atoms with E-state index in [1.54, 1.807) is 6.92 Å². The minimum Gasteiger partial charge on any atom is -0.461 e. The van der Waals surface area contributed by atoms with E-state index in [0.717, 1.165) is 12.4 Å². The van der Waals surface area contributed by atoms with Crippen LogP contribution in [0.5, 0.6) is 0 Å². The molecular formula is C14H23N3O2. The summed E-state index contributed by atoms with van der Waals surface area (Å²) in [7, 11) is 0. The minimum atomic E-state index is -0.429. The highest BCUT2D eigenvalue weighted by Crippen LogP contribution is 2.33. The van der Waals surface area contributed by atoms with Crippen molar-refractivity contribution in [2.75, 3.05) is 12.3 Å². The van der Waals surface area contributed by atoms with Crippen LogP contribution < -0.4 is 5.73 Å². The summed E-state index contributed by atoms with van der Waals surface area (Å²) < 4.78 is 6.93. The SMILES string of the molecule is CCOC(=O)c1nc(C)n(CC2CCCC2C)c1N. The largest absolute Gasteiger partial charge is 0.461 e. The molecule has 19 heavy (non-hydrogen) atoms. The fourth-order valence-corrected chi connectivity index (χ4v) is 2.89. The lowest BCUT2D eigenvalue weighted by molar-refractivity contribution is 0.0521. The Hall–Kier alpha value is -1.52. The monoisotopic (exact) mass is 265 g/mol. The summed E-state index contributed by atoms with van der Waals surface area (Å²) in [4.78, 5) is 16.0. The fourth-order valence-electron chi connectivity index (χ4n) is 2.89. The van der Waals surface area contributed by atoms with Gasteiger partial charge in [-0.05, 0) is 32.1 Å². The number of anilines is 1. The first-order valence-corrected chi connectivity index (χ1v) is 7.04. The predicted octanol–water partition coefficient (Wildman–Crippen LogP) is 2.39. The van der Waals surface area contributed by atoms with E-state index in [9.17, 15) is 4.79 Å². The molecule has 2 N–H and O–H groups in total. The Bertz CT molecular complexity index is 468. The van der Waals surface area contributed by atoms with Gasteiger partial charge in [0.25, 0.3) is 0 Å². The van der Waals surface area contributed by atoms with Crippen LogP contribution in [0.2, 0.25) is 0 Å². The predicted molar refractivity (Wildman–Crippen MR) is 73.8 cm³/mol. The molecule has 1 saturated carbocycles. The van der Waals surface area contributed by atoms with E-state index < -0.39 is 5.97 Å². The number of carbonyl (C=O) groups is 1. The fraction of sp³-hybridized carbons (Fsp3) is 0.714. The molecule has 0 aliphatic heterocycles. The summed E-state index contributed by atoms with van der Waals surface area (Å²) in [6.45, 7) is 7.14. The van der Waals surface area contributed by atoms with Gasteiger partial charge in [0.15, 0.2) is 5.69 Å². The summed E-state index contributed by atoms with van der Waals surface area (Å²) in [6, 6.07) is 0. The zero-order valence-corrected chi connectivity index (χ0v) is 12.0. The average Bonchev–Trinajstić information content (AvgIpc) is 2.88. The molecule has 1 heterocycles. The van der Waals surface area contributed by atoms with Crippen molar-refractivity contribution in [1.82, 2.24) is 9.55 Å². The van der Waals surface area contributed by atoms with Gasteiger partial charge in [0.05, 0.1) is 6.61 Å². The summed E-state index contributed by atoms with van der Waals surface area (Å²) in [5.41, 5.74) is 6.31. The van der Waals surface area contributed by atoms with Gasteiger partial charge in [-0.2, -0.15) is 0 Å². The molecule has 1 aliphatic rings. The molecule has 0 amide bonds. The number of nitrogens with zero attached hydrogens (tertiary/aromatic N) is 2. The molecule has 5 heteroatoms. The molecule has 0 bridgehead atoms. The summed E-state index contributed by atoms with van der Waals surface area (Å²) in [5.74, 6) is 2.15. The number of esters is 1. The van der Waals surface area contributed by atoms with Gasteiger partial charge in [-0.3, -0.25) is 0 Å². The van der Waals surface area contributed by atoms with Crippen molar-refractivity contribution in [2.24, 2.45) is 11.8 Å². The Morgan fingerprint density at radius 3 is 2.84 bits per heavy atom. The number of hydrogen-bond donors (Lipinski definition) is 1. The average molecular weight is 265 g/mol. The molecule has 0 spiro atoms. The minimum absolute atomic E-state index is 0.255. The van der Waals surface area contributed by atoms with Crippen molar-refractivity contribution in [3.8, 4) is 0 Å². The molecule has 1 aromatic heterocycles. The third kappa shape index (κ3) is 2.74. The van der Waals surface area contributed by atoms with Crippen LogP contribution in [-0.4, -0.2) is 22.1 Å². The summed E-state index contributed by atoms with van der Waals surface area (Å²) in [6.07, 6.45) is 3.79. The molecule has 106 valence electrons. The van der Waals surface area contributed by atoms with Crippen LogP contribution in [-0.2, 0) is 11.3 Å². The first-order chi connectivity index (χ1) is 9.04. The number of ether oxygens (including phenoxy) is 1. The third-order valence-corrected chi connectivity index (χ3v) is 4.12. The molecule has 2 unspecified atom stereocenters. The van der Waals surface area contributed by atoms with Gasteiger partial charge in [-0.25, -0.2) is 9.78 Å². The first kappa shape index (κ1) is 13.9. The number of hydrogen-bond acceptors (Lipinski definition) is 4. The van der Waals surface area contributed by atoms with Gasteiger partial charge >= 0.3 is 5.97 Å². The quantitative estimate of drug-likeness (QED) is 0.849. The van der Waals surface area contributed by atoms with Gasteiger partial charge < -0.3 is 15.0 Å². The van der Waals surface area contributed by atoms with E-state index in [4.69, 9.17) is 10.5 Å². The van der Waals surface area contributed by atoms with Crippen molar-refractivity contribution in [1.29, 1.82) is 0 Å². The molecule has 2 atom stereocenters. The lowest BCUT2D eigenvalue weighted by atomic mass is 9.98. The molecule has 2 rings (SSSR count). The van der Waals surface area contributed by atoms with Crippen molar-refractivity contribution in [2.45, 2.75) is 46.6 Å². The maximum atomic E-state index is 11.8. The lowest BCUT2D eigenvalue weighted by Crippen LogP contribution is -2.16. The Morgan fingerprint density at radius 2 is 2.26 bits per heavy atom. The number of nitrogen functional groups attached to an aromatic ring is 1. The Labute approximate surface area is 114 Å².